The van der Waals surface area contributed by atoms with Gasteiger partial charge in [0.1, 0.15) is 0 Å². The summed E-state index contributed by atoms with van der Waals surface area (Å²) in [4.78, 5) is 2.30. The molecular formula is C16H23ClN2O. The number of oxime groups is 1. The lowest BCUT2D eigenvalue weighted by Crippen LogP contribution is -2.30. The Bertz CT molecular complexity index is 436. The second-order valence-electron chi connectivity index (χ2n) is 5.90. The molecule has 3 nitrogen and oxygen atoms in total. The van der Waals surface area contributed by atoms with Crippen molar-refractivity contribution >= 4 is 17.8 Å². The molecule has 1 unspecified atom stereocenters. The number of hydrogen-bond donors (Lipinski definition) is 1. The molecule has 110 valence electrons. The van der Waals surface area contributed by atoms with Gasteiger partial charge in [0, 0.05) is 17.3 Å². The smallest absolute Gasteiger partial charge is 0.0466 e. The van der Waals surface area contributed by atoms with Crippen LogP contribution in [0.2, 0.25) is 5.02 Å². The topological polar surface area (TPSA) is 35.8 Å². The minimum absolute atomic E-state index is 0.430. The van der Waals surface area contributed by atoms with Crippen LogP contribution < -0.4 is 0 Å². The predicted molar refractivity (Wildman–Crippen MR) is 83.6 cm³/mol. The van der Waals surface area contributed by atoms with Crippen molar-refractivity contribution in [2.45, 2.75) is 31.7 Å². The van der Waals surface area contributed by atoms with Gasteiger partial charge < -0.3 is 10.1 Å². The number of nitrogens with zero attached hydrogens (tertiary/aromatic N) is 2. The van der Waals surface area contributed by atoms with E-state index in [1.54, 1.807) is 6.21 Å². The van der Waals surface area contributed by atoms with E-state index in [1.807, 2.05) is 12.1 Å². The molecule has 0 spiro atoms. The molecule has 1 aliphatic rings. The van der Waals surface area contributed by atoms with Gasteiger partial charge in [-0.25, -0.2) is 0 Å². The summed E-state index contributed by atoms with van der Waals surface area (Å²) < 4.78 is 0. The fraction of sp³-hybridized carbons (Fsp3) is 0.562. The number of hydrogen-bond acceptors (Lipinski definition) is 3. The van der Waals surface area contributed by atoms with E-state index in [-0.39, 0.29) is 0 Å². The number of rotatable bonds is 4. The van der Waals surface area contributed by atoms with Gasteiger partial charge in [-0.2, -0.15) is 0 Å². The van der Waals surface area contributed by atoms with Crippen LogP contribution in [0.25, 0.3) is 0 Å². The van der Waals surface area contributed by atoms with E-state index in [2.05, 4.69) is 36.3 Å². The van der Waals surface area contributed by atoms with E-state index >= 15 is 0 Å². The first-order chi connectivity index (χ1) is 9.61. The van der Waals surface area contributed by atoms with Gasteiger partial charge in [0.2, 0.25) is 0 Å². The van der Waals surface area contributed by atoms with Gasteiger partial charge in [0.15, 0.2) is 0 Å². The molecule has 1 saturated carbocycles. The molecule has 20 heavy (non-hydrogen) atoms. The molecule has 1 aromatic carbocycles. The highest BCUT2D eigenvalue weighted by Gasteiger charge is 2.29. The van der Waals surface area contributed by atoms with Gasteiger partial charge in [0.25, 0.3) is 0 Å². The number of benzene rings is 1. The fourth-order valence-electron chi connectivity index (χ4n) is 3.36. The van der Waals surface area contributed by atoms with Crippen molar-refractivity contribution in [1.29, 1.82) is 0 Å². The summed E-state index contributed by atoms with van der Waals surface area (Å²) >= 11 is 5.98. The molecule has 1 fully saturated rings. The van der Waals surface area contributed by atoms with E-state index < -0.39 is 0 Å². The van der Waals surface area contributed by atoms with Gasteiger partial charge in [-0.3, -0.25) is 0 Å². The Morgan fingerprint density at radius 1 is 1.20 bits per heavy atom. The van der Waals surface area contributed by atoms with Crippen LogP contribution in [0.4, 0.5) is 0 Å². The van der Waals surface area contributed by atoms with Crippen molar-refractivity contribution in [3.8, 4) is 0 Å². The van der Waals surface area contributed by atoms with E-state index in [0.717, 1.165) is 17.9 Å². The highest BCUT2D eigenvalue weighted by Crippen LogP contribution is 2.39. The Kier molecular flexibility index (Phi) is 5.44. The van der Waals surface area contributed by atoms with Crippen LogP contribution >= 0.6 is 11.6 Å². The summed E-state index contributed by atoms with van der Waals surface area (Å²) in [6, 6.07) is 8.64. The third-order valence-electron chi connectivity index (χ3n) is 4.31. The summed E-state index contributed by atoms with van der Waals surface area (Å²) in [5.74, 6) is 1.08. The highest BCUT2D eigenvalue weighted by molar-refractivity contribution is 6.30. The number of halogens is 1. The second kappa shape index (κ2) is 7.09. The van der Waals surface area contributed by atoms with Crippen molar-refractivity contribution in [3.63, 3.8) is 0 Å². The van der Waals surface area contributed by atoms with Gasteiger partial charge in [-0.15, -0.1) is 5.16 Å². The molecule has 0 aliphatic heterocycles. The molecule has 0 saturated heterocycles. The summed E-state index contributed by atoms with van der Waals surface area (Å²) in [5, 5.41) is 12.6. The lowest BCUT2D eigenvalue weighted by Gasteiger charge is -2.36. The molecule has 2 rings (SSSR count). The van der Waals surface area contributed by atoms with Crippen molar-refractivity contribution in [3.05, 3.63) is 34.9 Å². The van der Waals surface area contributed by atoms with E-state index in [1.165, 1.54) is 18.4 Å². The molecular weight excluding hydrogens is 272 g/mol. The third kappa shape index (κ3) is 3.74. The lowest BCUT2D eigenvalue weighted by molar-refractivity contribution is 0.162. The average molecular weight is 295 g/mol. The zero-order chi connectivity index (χ0) is 14.5. The molecule has 0 bridgehead atoms. The maximum atomic E-state index is 8.63. The summed E-state index contributed by atoms with van der Waals surface area (Å²) in [6.07, 6.45) is 6.23. The minimum atomic E-state index is 0.430. The Labute approximate surface area is 126 Å². The molecule has 0 radical (unpaired) electrons. The first-order valence-electron chi connectivity index (χ1n) is 7.21. The van der Waals surface area contributed by atoms with Gasteiger partial charge in [0.05, 0.1) is 0 Å². The van der Waals surface area contributed by atoms with Crippen molar-refractivity contribution in [2.75, 3.05) is 14.1 Å². The lowest BCUT2D eigenvalue weighted by atomic mass is 9.76. The SMILES string of the molecule is CN(C)C(c1ccc(Cl)cc1)C1CCC(/C=N/O)CC1. The largest absolute Gasteiger partial charge is 0.411 e. The first kappa shape index (κ1) is 15.3. The van der Waals surface area contributed by atoms with Crippen LogP contribution in [0.1, 0.15) is 37.3 Å². The molecule has 4 heteroatoms. The molecule has 1 aromatic rings. The molecule has 0 heterocycles. The average Bonchev–Trinajstić information content (AvgIpc) is 2.43. The van der Waals surface area contributed by atoms with Gasteiger partial charge in [-0.1, -0.05) is 23.7 Å². The molecule has 0 aromatic heterocycles. The molecule has 1 N–H and O–H groups in total. The highest BCUT2D eigenvalue weighted by atomic mass is 35.5. The Hall–Kier alpha value is -1.06. The van der Waals surface area contributed by atoms with Crippen LogP contribution in [-0.4, -0.2) is 30.4 Å². The van der Waals surface area contributed by atoms with Crippen LogP contribution in [0.3, 0.4) is 0 Å². The second-order valence-corrected chi connectivity index (χ2v) is 6.34. The summed E-state index contributed by atoms with van der Waals surface area (Å²) in [5.41, 5.74) is 1.33. The first-order valence-corrected chi connectivity index (χ1v) is 7.59. The van der Waals surface area contributed by atoms with E-state index in [9.17, 15) is 0 Å². The fourth-order valence-corrected chi connectivity index (χ4v) is 3.48. The maximum Gasteiger partial charge on any atom is 0.0466 e. The van der Waals surface area contributed by atoms with Crippen LogP contribution in [0, 0.1) is 11.8 Å². The van der Waals surface area contributed by atoms with Crippen LogP contribution in [0.5, 0.6) is 0 Å². The third-order valence-corrected chi connectivity index (χ3v) is 4.56. The van der Waals surface area contributed by atoms with Crippen molar-refractivity contribution in [1.82, 2.24) is 4.90 Å². The molecule has 1 atom stereocenters. The summed E-state index contributed by atoms with van der Waals surface area (Å²) in [6.45, 7) is 0. The molecule has 0 amide bonds. The monoisotopic (exact) mass is 294 g/mol. The van der Waals surface area contributed by atoms with E-state index in [4.69, 9.17) is 16.8 Å². The van der Waals surface area contributed by atoms with E-state index in [0.29, 0.717) is 17.9 Å². The van der Waals surface area contributed by atoms with Crippen LogP contribution in [0.15, 0.2) is 29.4 Å². The zero-order valence-electron chi connectivity index (χ0n) is 12.2. The normalized spacial score (nSPS) is 25.2. The van der Waals surface area contributed by atoms with Crippen molar-refractivity contribution in [2.24, 2.45) is 17.0 Å². The molecule has 1 aliphatic carbocycles. The quantitative estimate of drug-likeness (QED) is 0.513. The van der Waals surface area contributed by atoms with Gasteiger partial charge >= 0.3 is 0 Å². The maximum absolute atomic E-state index is 8.63. The van der Waals surface area contributed by atoms with Crippen LogP contribution in [-0.2, 0) is 0 Å². The predicted octanol–water partition coefficient (Wildman–Crippen LogP) is 4.21. The van der Waals surface area contributed by atoms with Crippen molar-refractivity contribution < 1.29 is 5.21 Å². The zero-order valence-corrected chi connectivity index (χ0v) is 12.9. The van der Waals surface area contributed by atoms with Gasteiger partial charge in [-0.05, 0) is 69.3 Å². The summed E-state index contributed by atoms with van der Waals surface area (Å²) in [7, 11) is 4.28. The standard InChI is InChI=1S/C16H23ClN2O/c1-19(2)16(14-7-9-15(17)10-8-14)13-5-3-12(4-6-13)11-18-20/h7-13,16,20H,3-6H2,1-2H3/b18-11+. The Morgan fingerprint density at radius 3 is 2.30 bits per heavy atom. The minimum Gasteiger partial charge on any atom is -0.411 e. The Balaban J connectivity index is 2.08. The Morgan fingerprint density at radius 2 is 1.80 bits per heavy atom.